The third-order valence-corrected chi connectivity index (χ3v) is 2.16. The average Bonchev–Trinajstić information content (AvgIpc) is 2.01. The van der Waals surface area contributed by atoms with E-state index < -0.39 is 15.0 Å². The second-order valence-electron chi connectivity index (χ2n) is 2.24. The molecule has 1 heterocycles. The van der Waals surface area contributed by atoms with Gasteiger partial charge in [0, 0.05) is 12.3 Å². The number of nitriles is 1. The van der Waals surface area contributed by atoms with Gasteiger partial charge in [-0.05, 0) is 0 Å². The molecule has 0 aromatic carbocycles. The molecule has 13 heavy (non-hydrogen) atoms. The number of halogens is 1. The molecule has 0 spiro atoms. The minimum atomic E-state index is -3.52. The van der Waals surface area contributed by atoms with Crippen molar-refractivity contribution in [1.82, 2.24) is 9.97 Å². The molecule has 0 fully saturated rings. The summed E-state index contributed by atoms with van der Waals surface area (Å²) in [5, 5.41) is 7.96. The van der Waals surface area contributed by atoms with Crippen LogP contribution >= 0.6 is 11.6 Å². The first kappa shape index (κ1) is 9.89. The minimum Gasteiger partial charge on any atom is -0.221 e. The van der Waals surface area contributed by atoms with E-state index >= 15 is 0 Å². The van der Waals surface area contributed by atoms with Crippen LogP contribution in [0.3, 0.4) is 0 Å². The van der Waals surface area contributed by atoms with Gasteiger partial charge in [-0.25, -0.2) is 18.4 Å². The molecule has 0 unspecified atom stereocenters. The Labute approximate surface area is 79.9 Å². The normalized spacial score (nSPS) is 10.8. The SMILES string of the molecule is CS(=O)(=O)c1nc(Cl)cc(C#N)n1. The molecule has 68 valence electrons. The summed E-state index contributed by atoms with van der Waals surface area (Å²) in [7, 11) is -3.52. The lowest BCUT2D eigenvalue weighted by Crippen LogP contribution is -2.05. The van der Waals surface area contributed by atoms with Gasteiger partial charge in [0.05, 0.1) is 0 Å². The summed E-state index contributed by atoms with van der Waals surface area (Å²) in [6.07, 6.45) is 0.944. The molecular weight excluding hydrogens is 214 g/mol. The fourth-order valence-electron chi connectivity index (χ4n) is 0.620. The first-order valence-corrected chi connectivity index (χ1v) is 5.35. The number of nitrogens with zero attached hydrogens (tertiary/aromatic N) is 3. The lowest BCUT2D eigenvalue weighted by molar-refractivity contribution is 0.592. The molecule has 0 radical (unpaired) electrons. The molecule has 1 aromatic heterocycles. The largest absolute Gasteiger partial charge is 0.249 e. The van der Waals surface area contributed by atoms with Gasteiger partial charge < -0.3 is 0 Å². The van der Waals surface area contributed by atoms with Crippen molar-refractivity contribution in [3.05, 3.63) is 16.9 Å². The maximum atomic E-state index is 11.0. The standard InChI is InChI=1S/C6H4ClN3O2S/c1-13(11,12)6-9-4(3-8)2-5(7)10-6/h2H,1H3. The Bertz CT molecular complexity index is 477. The quantitative estimate of drug-likeness (QED) is 0.502. The van der Waals surface area contributed by atoms with Gasteiger partial charge in [0.15, 0.2) is 0 Å². The minimum absolute atomic E-state index is 0.0630. The van der Waals surface area contributed by atoms with Crippen LogP contribution in [0.15, 0.2) is 11.2 Å². The van der Waals surface area contributed by atoms with Crippen LogP contribution in [0.5, 0.6) is 0 Å². The van der Waals surface area contributed by atoms with Gasteiger partial charge in [-0.1, -0.05) is 11.6 Å². The third-order valence-electron chi connectivity index (χ3n) is 1.12. The fourth-order valence-corrected chi connectivity index (χ4v) is 1.38. The van der Waals surface area contributed by atoms with Crippen molar-refractivity contribution in [1.29, 1.82) is 5.26 Å². The molecule has 0 atom stereocenters. The molecule has 1 rings (SSSR count). The van der Waals surface area contributed by atoms with E-state index in [0.29, 0.717) is 0 Å². The Kier molecular flexibility index (Phi) is 2.50. The molecule has 5 nitrogen and oxygen atoms in total. The number of sulfone groups is 1. The monoisotopic (exact) mass is 217 g/mol. The van der Waals surface area contributed by atoms with Gasteiger partial charge in [0.25, 0.3) is 0 Å². The van der Waals surface area contributed by atoms with Crippen molar-refractivity contribution in [2.24, 2.45) is 0 Å². The van der Waals surface area contributed by atoms with Gasteiger partial charge in [0.2, 0.25) is 15.0 Å². The van der Waals surface area contributed by atoms with Crippen molar-refractivity contribution < 1.29 is 8.42 Å². The summed E-state index contributed by atoms with van der Waals surface area (Å²) < 4.78 is 21.9. The molecular formula is C6H4ClN3O2S. The smallest absolute Gasteiger partial charge is 0.221 e. The van der Waals surface area contributed by atoms with Gasteiger partial charge in [0.1, 0.15) is 16.9 Å². The topological polar surface area (TPSA) is 83.7 Å². The highest BCUT2D eigenvalue weighted by Crippen LogP contribution is 2.09. The third kappa shape index (κ3) is 2.37. The van der Waals surface area contributed by atoms with Crippen LogP contribution in [0.2, 0.25) is 5.15 Å². The Morgan fingerprint density at radius 2 is 2.15 bits per heavy atom. The van der Waals surface area contributed by atoms with Crippen LogP contribution in [0.4, 0.5) is 0 Å². The maximum Gasteiger partial charge on any atom is 0.249 e. The van der Waals surface area contributed by atoms with E-state index in [-0.39, 0.29) is 10.8 Å². The lowest BCUT2D eigenvalue weighted by Gasteiger charge is -1.96. The van der Waals surface area contributed by atoms with Crippen molar-refractivity contribution in [3.63, 3.8) is 0 Å². The zero-order valence-corrected chi connectivity index (χ0v) is 8.09. The van der Waals surface area contributed by atoms with E-state index in [1.807, 2.05) is 0 Å². The molecule has 0 aliphatic heterocycles. The zero-order valence-electron chi connectivity index (χ0n) is 6.52. The van der Waals surface area contributed by atoms with Gasteiger partial charge in [-0.15, -0.1) is 0 Å². The van der Waals surface area contributed by atoms with Crippen LogP contribution < -0.4 is 0 Å². The predicted octanol–water partition coefficient (Wildman–Crippen LogP) is 0.405. The van der Waals surface area contributed by atoms with Crippen molar-refractivity contribution in [2.75, 3.05) is 6.26 Å². The second kappa shape index (κ2) is 3.28. The van der Waals surface area contributed by atoms with Crippen LogP contribution in [0.1, 0.15) is 5.69 Å². The number of aromatic nitrogens is 2. The lowest BCUT2D eigenvalue weighted by atomic mass is 10.4. The van der Waals surface area contributed by atoms with Crippen LogP contribution in [0.25, 0.3) is 0 Å². The number of rotatable bonds is 1. The number of hydrogen-bond donors (Lipinski definition) is 0. The van der Waals surface area contributed by atoms with Crippen molar-refractivity contribution in [2.45, 2.75) is 5.16 Å². The Morgan fingerprint density at radius 1 is 1.54 bits per heavy atom. The Balaban J connectivity index is 3.44. The molecule has 0 aliphatic carbocycles. The van der Waals surface area contributed by atoms with Crippen LogP contribution in [-0.2, 0) is 9.84 Å². The number of hydrogen-bond acceptors (Lipinski definition) is 5. The molecule has 7 heteroatoms. The van der Waals surface area contributed by atoms with E-state index in [1.165, 1.54) is 6.07 Å². The summed E-state index contributed by atoms with van der Waals surface area (Å²) >= 11 is 5.47. The van der Waals surface area contributed by atoms with Gasteiger partial charge >= 0.3 is 0 Å². The first-order chi connectivity index (χ1) is 5.93. The van der Waals surface area contributed by atoms with E-state index in [1.54, 1.807) is 6.07 Å². The summed E-state index contributed by atoms with van der Waals surface area (Å²) in [5.41, 5.74) is -0.0691. The maximum absolute atomic E-state index is 11.0. The average molecular weight is 218 g/mol. The molecule has 0 N–H and O–H groups in total. The van der Waals surface area contributed by atoms with E-state index in [9.17, 15) is 8.42 Å². The summed E-state index contributed by atoms with van der Waals surface area (Å²) in [4.78, 5) is 6.95. The van der Waals surface area contributed by atoms with E-state index in [4.69, 9.17) is 16.9 Å². The van der Waals surface area contributed by atoms with Crippen molar-refractivity contribution in [3.8, 4) is 6.07 Å². The zero-order chi connectivity index (χ0) is 10.1. The van der Waals surface area contributed by atoms with Crippen molar-refractivity contribution >= 4 is 21.4 Å². The molecule has 0 saturated carbocycles. The van der Waals surface area contributed by atoms with Crippen LogP contribution in [0, 0.1) is 11.3 Å². The molecule has 0 saturated heterocycles. The highest BCUT2D eigenvalue weighted by atomic mass is 35.5. The Morgan fingerprint density at radius 3 is 2.62 bits per heavy atom. The fraction of sp³-hybridized carbons (Fsp3) is 0.167. The van der Waals surface area contributed by atoms with Gasteiger partial charge in [-0.2, -0.15) is 5.26 Å². The molecule has 0 bridgehead atoms. The predicted molar refractivity (Wildman–Crippen MR) is 44.9 cm³/mol. The van der Waals surface area contributed by atoms with Crippen LogP contribution in [-0.4, -0.2) is 24.6 Å². The molecule has 0 aliphatic rings. The Hall–Kier alpha value is -1.19. The first-order valence-electron chi connectivity index (χ1n) is 3.08. The molecule has 1 aromatic rings. The molecule has 0 amide bonds. The van der Waals surface area contributed by atoms with E-state index in [2.05, 4.69) is 9.97 Å². The highest BCUT2D eigenvalue weighted by Gasteiger charge is 2.13. The highest BCUT2D eigenvalue weighted by molar-refractivity contribution is 7.90. The second-order valence-corrected chi connectivity index (χ2v) is 4.54. The summed E-state index contributed by atoms with van der Waals surface area (Å²) in [5.74, 6) is 0. The summed E-state index contributed by atoms with van der Waals surface area (Å²) in [6.45, 7) is 0. The summed E-state index contributed by atoms with van der Waals surface area (Å²) in [6, 6.07) is 2.87. The van der Waals surface area contributed by atoms with E-state index in [0.717, 1.165) is 6.26 Å². The van der Waals surface area contributed by atoms with Gasteiger partial charge in [-0.3, -0.25) is 0 Å².